The Hall–Kier alpha value is -2.70. The second-order valence-corrected chi connectivity index (χ2v) is 18.1. The summed E-state index contributed by atoms with van der Waals surface area (Å²) in [6.07, 6.45) is 24.5. The lowest BCUT2D eigenvalue weighted by atomic mass is 10.0. The van der Waals surface area contributed by atoms with Gasteiger partial charge in [-0.2, -0.15) is 26.3 Å². The van der Waals surface area contributed by atoms with E-state index in [1.807, 2.05) is 0 Å². The van der Waals surface area contributed by atoms with Crippen molar-refractivity contribution in [3.05, 3.63) is 0 Å². The van der Waals surface area contributed by atoms with E-state index < -0.39 is 36.4 Å². The van der Waals surface area contributed by atoms with Crippen molar-refractivity contribution >= 4 is 23.9 Å². The predicted molar refractivity (Wildman–Crippen MR) is 240 cm³/mol. The molecule has 0 saturated carbocycles. The van der Waals surface area contributed by atoms with Gasteiger partial charge in [0.05, 0.1) is 54.5 Å². The van der Waals surface area contributed by atoms with Crippen LogP contribution in [0.25, 0.3) is 0 Å². The van der Waals surface area contributed by atoms with Gasteiger partial charge in [-0.1, -0.05) is 142 Å². The molecule has 0 aromatic carbocycles. The molecule has 0 aliphatic heterocycles. The minimum Gasteiger partial charge on any atom is -0.542 e. The van der Waals surface area contributed by atoms with Gasteiger partial charge in [-0.3, -0.25) is 0 Å². The maximum atomic E-state index is 12.6. The summed E-state index contributed by atoms with van der Waals surface area (Å²) < 4.78 is 74.4. The van der Waals surface area contributed by atoms with Gasteiger partial charge in [-0.05, 0) is 51.4 Å². The molecule has 0 aliphatic rings. The average molecular weight is 969 g/mol. The molecule has 0 fully saturated rings. The first kappa shape index (κ1) is 67.6. The molecule has 0 bridgehead atoms. The molecule has 394 valence electrons. The predicted octanol–water partition coefficient (Wildman–Crippen LogP) is 8.51. The number of rotatable bonds is 39. The van der Waals surface area contributed by atoms with Crippen LogP contribution >= 0.6 is 0 Å². The van der Waals surface area contributed by atoms with Crippen LogP contribution in [0.3, 0.4) is 0 Å². The molecular weight excluding hydrogens is 879 g/mol. The highest BCUT2D eigenvalue weighted by Crippen LogP contribution is 2.22. The van der Waals surface area contributed by atoms with Crippen molar-refractivity contribution in [1.82, 2.24) is 0 Å². The first-order valence-electron chi connectivity index (χ1n) is 24.7. The SMILES string of the molecule is CCCCCCCCCCCC[N+](C)(CCCCCCCCCC[N+](C)(CCCCCCCCCCCC)[C@@H](CO)C(=O)OC)[C@@H](CO)C(=O)OC.O=C([O-])C(F)(F)F.O=C([O-])C(F)(F)F. The van der Waals surface area contributed by atoms with Gasteiger partial charge >= 0.3 is 24.3 Å². The Bertz CT molecular complexity index is 1120. The molecule has 0 rings (SSSR count). The molecule has 66 heavy (non-hydrogen) atoms. The molecular formula is C48H90F6N2O10. The average Bonchev–Trinajstić information content (AvgIpc) is 3.25. The summed E-state index contributed by atoms with van der Waals surface area (Å²) in [6.45, 7) is 7.77. The van der Waals surface area contributed by atoms with E-state index in [0.717, 1.165) is 64.7 Å². The highest BCUT2D eigenvalue weighted by Gasteiger charge is 2.39. The number of quaternary nitrogens is 2. The molecule has 0 radical (unpaired) electrons. The third kappa shape index (κ3) is 36.4. The summed E-state index contributed by atoms with van der Waals surface area (Å²) in [5.74, 6) is -6.61. The van der Waals surface area contributed by atoms with E-state index >= 15 is 0 Å². The van der Waals surface area contributed by atoms with Crippen LogP contribution in [0.2, 0.25) is 0 Å². The molecule has 0 aromatic heterocycles. The lowest BCUT2D eigenvalue weighted by Crippen LogP contribution is -2.58. The van der Waals surface area contributed by atoms with Gasteiger partial charge in [0.1, 0.15) is 25.2 Å². The highest BCUT2D eigenvalue weighted by atomic mass is 19.4. The quantitative estimate of drug-likeness (QED) is 0.0263. The number of esters is 2. The van der Waals surface area contributed by atoms with Crippen LogP contribution in [0.5, 0.6) is 0 Å². The summed E-state index contributed by atoms with van der Waals surface area (Å²) >= 11 is 0. The Morgan fingerprint density at radius 2 is 0.591 bits per heavy atom. The monoisotopic (exact) mass is 969 g/mol. The minimum absolute atomic E-state index is 0.170. The van der Waals surface area contributed by atoms with E-state index in [1.165, 1.54) is 155 Å². The van der Waals surface area contributed by atoms with E-state index in [9.17, 15) is 46.1 Å². The number of carboxylic acid groups (broad SMARTS) is 2. The number of aliphatic hydroxyl groups is 2. The molecule has 2 N–H and O–H groups in total. The van der Waals surface area contributed by atoms with E-state index in [1.54, 1.807) is 0 Å². The smallest absolute Gasteiger partial charge is 0.430 e. The molecule has 18 heteroatoms. The zero-order chi connectivity index (χ0) is 50.9. The third-order valence-corrected chi connectivity index (χ3v) is 12.4. The van der Waals surface area contributed by atoms with Gasteiger partial charge in [0, 0.05) is 0 Å². The number of halogens is 6. The van der Waals surface area contributed by atoms with E-state index in [0.29, 0.717) is 8.97 Å². The fourth-order valence-corrected chi connectivity index (χ4v) is 8.10. The summed E-state index contributed by atoms with van der Waals surface area (Å²) in [6, 6.07) is -1.02. The third-order valence-electron chi connectivity index (χ3n) is 12.4. The number of carbonyl (C=O) groups is 4. The molecule has 0 amide bonds. The molecule has 0 aromatic rings. The van der Waals surface area contributed by atoms with Gasteiger partial charge < -0.3 is 48.5 Å². The van der Waals surface area contributed by atoms with Crippen molar-refractivity contribution in [2.75, 3.05) is 67.7 Å². The molecule has 2 unspecified atom stereocenters. The van der Waals surface area contributed by atoms with Gasteiger partial charge in [0.25, 0.3) is 0 Å². The van der Waals surface area contributed by atoms with Crippen LogP contribution in [-0.2, 0) is 28.7 Å². The zero-order valence-corrected chi connectivity index (χ0v) is 41.5. The molecule has 0 heterocycles. The number of ether oxygens (including phenoxy) is 2. The number of alkyl halides is 6. The van der Waals surface area contributed by atoms with Crippen LogP contribution < -0.4 is 10.2 Å². The topological polar surface area (TPSA) is 173 Å². The second-order valence-electron chi connectivity index (χ2n) is 18.1. The normalized spacial score (nSPS) is 14.3. The van der Waals surface area contributed by atoms with E-state index in [2.05, 4.69) is 27.9 Å². The number of unbranched alkanes of at least 4 members (excludes halogenated alkanes) is 25. The lowest BCUT2D eigenvalue weighted by Gasteiger charge is -2.39. The lowest BCUT2D eigenvalue weighted by molar-refractivity contribution is -0.926. The van der Waals surface area contributed by atoms with E-state index in [4.69, 9.17) is 29.3 Å². The zero-order valence-electron chi connectivity index (χ0n) is 41.5. The van der Waals surface area contributed by atoms with Crippen LogP contribution in [0.4, 0.5) is 26.3 Å². The Morgan fingerprint density at radius 3 is 0.727 bits per heavy atom. The fourth-order valence-electron chi connectivity index (χ4n) is 8.10. The number of aliphatic carboxylic acids is 2. The number of hydrogen-bond acceptors (Lipinski definition) is 10. The summed E-state index contributed by atoms with van der Waals surface area (Å²) in [4.78, 5) is 42.8. The maximum Gasteiger partial charge on any atom is 0.430 e. The number of carbonyl (C=O) groups excluding carboxylic acids is 4. The molecule has 0 saturated heterocycles. The molecule has 0 aliphatic carbocycles. The van der Waals surface area contributed by atoms with Gasteiger partial charge in [-0.25, -0.2) is 9.59 Å². The van der Waals surface area contributed by atoms with Gasteiger partial charge in [0.15, 0.2) is 0 Å². The molecule has 12 nitrogen and oxygen atoms in total. The summed E-state index contributed by atoms with van der Waals surface area (Å²) in [5.41, 5.74) is 0. The van der Waals surface area contributed by atoms with Crippen molar-refractivity contribution in [3.63, 3.8) is 0 Å². The maximum absolute atomic E-state index is 12.6. The van der Waals surface area contributed by atoms with Crippen molar-refractivity contribution in [3.8, 4) is 0 Å². The van der Waals surface area contributed by atoms with Gasteiger partial charge in [0.2, 0.25) is 12.1 Å². The summed E-state index contributed by atoms with van der Waals surface area (Å²) in [7, 11) is 7.13. The fraction of sp³-hybridized carbons (Fsp3) is 0.917. The molecule has 0 spiro atoms. The van der Waals surface area contributed by atoms with Crippen LogP contribution in [0.15, 0.2) is 0 Å². The Labute approximate surface area is 393 Å². The van der Waals surface area contributed by atoms with Crippen molar-refractivity contribution < 1.29 is 84.4 Å². The van der Waals surface area contributed by atoms with Crippen LogP contribution in [-0.4, -0.2) is 135 Å². The number of aliphatic hydroxyl groups excluding tert-OH is 2. The second kappa shape index (κ2) is 41.3. The van der Waals surface area contributed by atoms with Crippen LogP contribution in [0.1, 0.15) is 194 Å². The Balaban J connectivity index is -0.00000242. The number of nitrogens with zero attached hydrogens (tertiary/aromatic N) is 2. The Morgan fingerprint density at radius 1 is 0.424 bits per heavy atom. The largest absolute Gasteiger partial charge is 0.542 e. The van der Waals surface area contributed by atoms with Gasteiger partial charge in [-0.15, -0.1) is 0 Å². The van der Waals surface area contributed by atoms with Crippen molar-refractivity contribution in [2.24, 2.45) is 0 Å². The van der Waals surface area contributed by atoms with Crippen molar-refractivity contribution in [2.45, 2.75) is 218 Å². The number of methoxy groups -OCH3 is 2. The first-order chi connectivity index (χ1) is 31.1. The van der Waals surface area contributed by atoms with Crippen molar-refractivity contribution in [1.29, 1.82) is 0 Å². The minimum atomic E-state index is -5.19. The number of carboxylic acids is 2. The van der Waals surface area contributed by atoms with Crippen LogP contribution in [0, 0.1) is 0 Å². The summed E-state index contributed by atoms with van der Waals surface area (Å²) in [5, 5.41) is 37.9. The number of hydrogen-bond donors (Lipinski definition) is 2. The first-order valence-corrected chi connectivity index (χ1v) is 24.7. The number of likely N-dealkylation sites (N-methyl/N-ethyl adjacent to an activating group) is 2. The van der Waals surface area contributed by atoms with E-state index in [-0.39, 0.29) is 25.2 Å². The highest BCUT2D eigenvalue weighted by molar-refractivity contribution is 5.75. The standard InChI is InChI=1S/C44H90N2O6.2C2HF3O2/c1-7-9-11-13-15-17-19-23-27-31-35-45(3,41(39-47)43(49)51-5)37-33-29-25-21-22-26-30-34-38-46(4,42(40-48)44(50)52-6)36-32-28-24-20-18-16-14-12-10-8-2;2*3-2(4,5)1(6)7/h41-42,47-48H,7-40H2,1-6H3;2*(H,6,7)/q+2;;/p-2/t41-,42-,45?,46?;;/m0../s1. The molecule has 4 atom stereocenters. The Kier molecular flexibility index (Phi) is 42.3.